The molecule has 0 heterocycles. The molecule has 0 aliphatic heterocycles. The van der Waals surface area contributed by atoms with Crippen molar-refractivity contribution in [2.75, 3.05) is 20.2 Å². The van der Waals surface area contributed by atoms with E-state index in [0.717, 1.165) is 6.42 Å². The van der Waals surface area contributed by atoms with Gasteiger partial charge in [-0.15, -0.1) is 0 Å². The fourth-order valence-corrected chi connectivity index (χ4v) is 3.40. The lowest BCUT2D eigenvalue weighted by Crippen LogP contribution is -2.40. The van der Waals surface area contributed by atoms with Gasteiger partial charge in [0.15, 0.2) is 0 Å². The highest BCUT2D eigenvalue weighted by Crippen LogP contribution is 2.23. The summed E-state index contributed by atoms with van der Waals surface area (Å²) in [6.45, 7) is 3.23. The molecule has 2 rings (SSSR count). The molecule has 1 aromatic rings. The van der Waals surface area contributed by atoms with Gasteiger partial charge in [-0.2, -0.15) is 0 Å². The van der Waals surface area contributed by atoms with Crippen LogP contribution < -0.4 is 0 Å². The van der Waals surface area contributed by atoms with Crippen LogP contribution in [0.1, 0.15) is 57.1 Å². The van der Waals surface area contributed by atoms with Crippen molar-refractivity contribution in [1.82, 2.24) is 4.90 Å². The first kappa shape index (κ1) is 17.5. The Hall–Kier alpha value is -0.900. The topological polar surface area (TPSA) is 32.7 Å². The molecular formula is C19H31NO2. The van der Waals surface area contributed by atoms with Gasteiger partial charge in [-0.05, 0) is 31.9 Å². The van der Waals surface area contributed by atoms with E-state index < -0.39 is 6.10 Å². The van der Waals surface area contributed by atoms with Crippen molar-refractivity contribution in [3.63, 3.8) is 0 Å². The number of nitrogens with zero attached hydrogens (tertiary/aromatic N) is 1. The summed E-state index contributed by atoms with van der Waals surface area (Å²) in [7, 11) is 2.13. The van der Waals surface area contributed by atoms with Gasteiger partial charge < -0.3 is 14.7 Å². The van der Waals surface area contributed by atoms with Crippen LogP contribution >= 0.6 is 0 Å². The van der Waals surface area contributed by atoms with Gasteiger partial charge in [0.1, 0.15) is 0 Å². The lowest BCUT2D eigenvalue weighted by atomic mass is 9.94. The van der Waals surface area contributed by atoms with Crippen molar-refractivity contribution < 1.29 is 9.84 Å². The van der Waals surface area contributed by atoms with Crippen LogP contribution in [0.5, 0.6) is 0 Å². The van der Waals surface area contributed by atoms with Crippen LogP contribution in [0, 0.1) is 0 Å². The Kier molecular flexibility index (Phi) is 7.37. The van der Waals surface area contributed by atoms with E-state index in [9.17, 15) is 5.11 Å². The fraction of sp³-hybridized carbons (Fsp3) is 0.684. The lowest BCUT2D eigenvalue weighted by molar-refractivity contribution is -0.0264. The first-order valence-corrected chi connectivity index (χ1v) is 8.75. The maximum atomic E-state index is 10.3. The predicted molar refractivity (Wildman–Crippen MR) is 90.9 cm³/mol. The van der Waals surface area contributed by atoms with E-state index in [1.165, 1.54) is 37.7 Å². The Morgan fingerprint density at radius 1 is 1.18 bits per heavy atom. The molecule has 0 radical (unpaired) electrons. The summed E-state index contributed by atoms with van der Waals surface area (Å²) in [5.74, 6) is 0. The van der Waals surface area contributed by atoms with E-state index in [1.807, 2.05) is 18.2 Å². The van der Waals surface area contributed by atoms with Gasteiger partial charge >= 0.3 is 0 Å². The highest BCUT2D eigenvalue weighted by atomic mass is 16.5. The number of ether oxygens (including phenoxy) is 1. The number of benzene rings is 1. The minimum atomic E-state index is -0.412. The minimum absolute atomic E-state index is 0.0795. The predicted octanol–water partition coefficient (Wildman–Crippen LogP) is 3.78. The minimum Gasteiger partial charge on any atom is -0.389 e. The first-order chi connectivity index (χ1) is 10.7. The molecule has 1 aromatic carbocycles. The summed E-state index contributed by atoms with van der Waals surface area (Å²) in [6.07, 6.45) is 7.15. The van der Waals surface area contributed by atoms with E-state index in [1.54, 1.807) is 0 Å². The molecule has 3 nitrogen and oxygen atoms in total. The average Bonchev–Trinajstić information content (AvgIpc) is 2.57. The largest absolute Gasteiger partial charge is 0.389 e. The molecule has 1 N–H and O–H groups in total. The third-order valence-electron chi connectivity index (χ3n) is 4.73. The number of hydrogen-bond donors (Lipinski definition) is 1. The molecule has 0 aromatic heterocycles. The second-order valence-electron chi connectivity index (χ2n) is 6.53. The van der Waals surface area contributed by atoms with Crippen LogP contribution in [-0.4, -0.2) is 42.4 Å². The summed E-state index contributed by atoms with van der Waals surface area (Å²) < 4.78 is 5.95. The Labute approximate surface area is 135 Å². The maximum Gasteiger partial charge on any atom is 0.0900 e. The molecule has 0 unspecified atom stereocenters. The van der Waals surface area contributed by atoms with Crippen molar-refractivity contribution in [3.8, 4) is 0 Å². The molecule has 1 aliphatic carbocycles. The SMILES string of the molecule is CC[C@@H](OC[C@@H](O)CN(C)C1CCCCC1)c1ccccc1. The van der Waals surface area contributed by atoms with Crippen LogP contribution in [-0.2, 0) is 4.74 Å². The van der Waals surface area contributed by atoms with Crippen molar-refractivity contribution in [1.29, 1.82) is 0 Å². The highest BCUT2D eigenvalue weighted by Gasteiger charge is 2.20. The standard InChI is InChI=1S/C19H31NO2/c1-3-19(16-10-6-4-7-11-16)22-15-18(21)14-20(2)17-12-8-5-9-13-17/h4,6-7,10-11,17-19,21H,3,5,8-9,12-15H2,1-2H3/t18-,19+/m0/s1. The lowest BCUT2D eigenvalue weighted by Gasteiger charge is -2.32. The fourth-order valence-electron chi connectivity index (χ4n) is 3.40. The number of rotatable bonds is 8. The quantitative estimate of drug-likeness (QED) is 0.793. The third kappa shape index (κ3) is 5.38. The smallest absolute Gasteiger partial charge is 0.0900 e. The van der Waals surface area contributed by atoms with Crippen LogP contribution in [0.15, 0.2) is 30.3 Å². The second-order valence-corrected chi connectivity index (χ2v) is 6.53. The number of aliphatic hydroxyl groups is 1. The van der Waals surface area contributed by atoms with E-state index in [4.69, 9.17) is 4.74 Å². The van der Waals surface area contributed by atoms with Crippen molar-refractivity contribution >= 4 is 0 Å². The molecule has 22 heavy (non-hydrogen) atoms. The van der Waals surface area contributed by atoms with Gasteiger partial charge in [-0.3, -0.25) is 0 Å². The monoisotopic (exact) mass is 305 g/mol. The molecule has 0 spiro atoms. The van der Waals surface area contributed by atoms with Gasteiger partial charge in [0.05, 0.1) is 18.8 Å². The third-order valence-corrected chi connectivity index (χ3v) is 4.73. The molecule has 124 valence electrons. The molecule has 1 fully saturated rings. The van der Waals surface area contributed by atoms with Gasteiger partial charge in [-0.1, -0.05) is 56.5 Å². The second kappa shape index (κ2) is 9.29. The van der Waals surface area contributed by atoms with Crippen LogP contribution in [0.25, 0.3) is 0 Å². The first-order valence-electron chi connectivity index (χ1n) is 8.75. The Morgan fingerprint density at radius 3 is 2.50 bits per heavy atom. The molecule has 0 bridgehead atoms. The zero-order valence-electron chi connectivity index (χ0n) is 14.1. The van der Waals surface area contributed by atoms with Crippen LogP contribution in [0.2, 0.25) is 0 Å². The van der Waals surface area contributed by atoms with E-state index >= 15 is 0 Å². The van der Waals surface area contributed by atoms with Gasteiger partial charge in [-0.25, -0.2) is 0 Å². The maximum absolute atomic E-state index is 10.3. The summed E-state index contributed by atoms with van der Waals surface area (Å²) in [5.41, 5.74) is 1.19. The molecule has 1 saturated carbocycles. The highest BCUT2D eigenvalue weighted by molar-refractivity contribution is 5.17. The zero-order chi connectivity index (χ0) is 15.8. The van der Waals surface area contributed by atoms with Crippen LogP contribution in [0.3, 0.4) is 0 Å². The number of aliphatic hydroxyl groups excluding tert-OH is 1. The Balaban J connectivity index is 1.75. The van der Waals surface area contributed by atoms with Crippen molar-refractivity contribution in [2.24, 2.45) is 0 Å². The Morgan fingerprint density at radius 2 is 1.86 bits per heavy atom. The van der Waals surface area contributed by atoms with Crippen LogP contribution in [0.4, 0.5) is 0 Å². The normalized spacial score (nSPS) is 19.3. The molecular weight excluding hydrogens is 274 g/mol. The molecule has 3 heteroatoms. The average molecular weight is 305 g/mol. The van der Waals surface area contributed by atoms with Gasteiger partial charge in [0.2, 0.25) is 0 Å². The van der Waals surface area contributed by atoms with Gasteiger partial charge in [0.25, 0.3) is 0 Å². The van der Waals surface area contributed by atoms with E-state index in [0.29, 0.717) is 19.2 Å². The Bertz CT molecular complexity index is 403. The molecule has 1 aliphatic rings. The summed E-state index contributed by atoms with van der Waals surface area (Å²) >= 11 is 0. The number of likely N-dealkylation sites (N-methyl/N-ethyl adjacent to an activating group) is 1. The zero-order valence-corrected chi connectivity index (χ0v) is 14.1. The summed E-state index contributed by atoms with van der Waals surface area (Å²) in [4.78, 5) is 2.32. The summed E-state index contributed by atoms with van der Waals surface area (Å²) in [5, 5.41) is 10.3. The molecule has 0 amide bonds. The van der Waals surface area contributed by atoms with Gasteiger partial charge in [0, 0.05) is 12.6 Å². The van der Waals surface area contributed by atoms with E-state index in [-0.39, 0.29) is 6.10 Å². The molecule has 0 saturated heterocycles. The van der Waals surface area contributed by atoms with Crippen molar-refractivity contribution in [2.45, 2.75) is 63.7 Å². The number of hydrogen-bond acceptors (Lipinski definition) is 3. The van der Waals surface area contributed by atoms with Crippen molar-refractivity contribution in [3.05, 3.63) is 35.9 Å². The summed E-state index contributed by atoms with van der Waals surface area (Å²) in [6, 6.07) is 10.9. The van der Waals surface area contributed by atoms with E-state index in [2.05, 4.69) is 31.0 Å². The molecule has 2 atom stereocenters.